The van der Waals surface area contributed by atoms with Gasteiger partial charge in [0, 0.05) is 50.9 Å². The van der Waals surface area contributed by atoms with Crippen molar-refractivity contribution in [3.8, 4) is 22.8 Å². The van der Waals surface area contributed by atoms with Crippen molar-refractivity contribution in [3.05, 3.63) is 60.2 Å². The fourth-order valence-corrected chi connectivity index (χ4v) is 6.92. The van der Waals surface area contributed by atoms with Crippen molar-refractivity contribution in [2.75, 3.05) is 57.7 Å². The average molecular weight is 542 g/mol. The zero-order chi connectivity index (χ0) is 27.1. The van der Waals surface area contributed by atoms with Gasteiger partial charge in [-0.1, -0.05) is 18.2 Å². The first-order valence-corrected chi connectivity index (χ1v) is 14.8. The molecule has 9 nitrogen and oxygen atoms in total. The van der Waals surface area contributed by atoms with Gasteiger partial charge in [0.05, 0.1) is 6.04 Å². The summed E-state index contributed by atoms with van der Waals surface area (Å²) < 4.78 is 8.03. The second kappa shape index (κ2) is 10.9. The Kier molecular flexibility index (Phi) is 6.95. The maximum Gasteiger partial charge on any atom is 0.254 e. The van der Waals surface area contributed by atoms with Gasteiger partial charge in [-0.3, -0.25) is 14.6 Å². The number of piperidine rings is 1. The number of para-hydroxylation sites is 1. The zero-order valence-electron chi connectivity index (χ0n) is 23.0. The first-order chi connectivity index (χ1) is 19.6. The number of nitrogens with two attached hydrogens (primary N) is 1. The lowest BCUT2D eigenvalue weighted by Crippen LogP contribution is -2.63. The Balaban J connectivity index is 1.04. The SMILES string of the molecule is NC(=O)c1c(-c2ccc(Oc3ccccc3)cc2)nn2c1NCCC2C1CCN(C2CN(CC3CNC3)C2)CC1. The standard InChI is InChI=1S/C31H39N7O2/c32-30(39)28-29(23-6-8-26(9-7-23)40-25-4-2-1-3-5-25)35-38-27(10-13-34-31(28)38)22-11-14-37(15-12-22)24-19-36(20-24)18-21-16-33-17-21/h1-9,21-22,24,27,33-34H,10-20H2,(H2,32,39). The second-order valence-corrected chi connectivity index (χ2v) is 11.9. The van der Waals surface area contributed by atoms with Crippen molar-refractivity contribution in [3.63, 3.8) is 0 Å². The van der Waals surface area contributed by atoms with Crippen LogP contribution in [0.3, 0.4) is 0 Å². The minimum absolute atomic E-state index is 0.273. The second-order valence-electron chi connectivity index (χ2n) is 11.9. The molecule has 3 aromatic rings. The van der Waals surface area contributed by atoms with Crippen LogP contribution in [0, 0.1) is 11.8 Å². The number of nitrogens with zero attached hydrogens (tertiary/aromatic N) is 4. The van der Waals surface area contributed by atoms with E-state index >= 15 is 0 Å². The van der Waals surface area contributed by atoms with E-state index in [-0.39, 0.29) is 6.04 Å². The molecule has 40 heavy (non-hydrogen) atoms. The van der Waals surface area contributed by atoms with Crippen molar-refractivity contribution in [1.82, 2.24) is 24.9 Å². The Bertz CT molecular complexity index is 1320. The van der Waals surface area contributed by atoms with Crippen molar-refractivity contribution in [1.29, 1.82) is 0 Å². The molecule has 210 valence electrons. The number of anilines is 1. The number of benzene rings is 2. The number of carbonyl (C=O) groups excluding carboxylic acids is 1. The highest BCUT2D eigenvalue weighted by atomic mass is 16.5. The molecule has 0 aliphatic carbocycles. The number of amides is 1. The van der Waals surface area contributed by atoms with Crippen LogP contribution in [0.15, 0.2) is 54.6 Å². The van der Waals surface area contributed by atoms with Crippen LogP contribution in [0.5, 0.6) is 11.5 Å². The summed E-state index contributed by atoms with van der Waals surface area (Å²) in [5.74, 6) is 3.23. The van der Waals surface area contributed by atoms with E-state index in [9.17, 15) is 4.79 Å². The van der Waals surface area contributed by atoms with Gasteiger partial charge in [0.1, 0.15) is 28.6 Å². The summed E-state index contributed by atoms with van der Waals surface area (Å²) in [6.45, 7) is 9.19. The molecule has 2 aromatic carbocycles. The van der Waals surface area contributed by atoms with Crippen LogP contribution in [-0.2, 0) is 0 Å². The van der Waals surface area contributed by atoms with E-state index in [2.05, 4.69) is 25.1 Å². The van der Waals surface area contributed by atoms with Crippen LogP contribution in [0.1, 0.15) is 35.7 Å². The van der Waals surface area contributed by atoms with E-state index in [4.69, 9.17) is 15.6 Å². The van der Waals surface area contributed by atoms with Gasteiger partial charge in [-0.25, -0.2) is 4.68 Å². The number of primary amides is 1. The fourth-order valence-electron chi connectivity index (χ4n) is 6.92. The Hall–Kier alpha value is -3.40. The average Bonchev–Trinajstić information content (AvgIpc) is 3.33. The fraction of sp³-hybridized carbons (Fsp3) is 0.484. The molecule has 4 aliphatic heterocycles. The molecule has 3 fully saturated rings. The molecule has 0 radical (unpaired) electrons. The Morgan fingerprint density at radius 3 is 2.38 bits per heavy atom. The molecular weight excluding hydrogens is 502 g/mol. The number of ether oxygens (including phenoxy) is 1. The lowest BCUT2D eigenvalue weighted by Gasteiger charge is -2.50. The minimum Gasteiger partial charge on any atom is -0.457 e. The summed E-state index contributed by atoms with van der Waals surface area (Å²) in [6.07, 6.45) is 3.34. The van der Waals surface area contributed by atoms with Gasteiger partial charge >= 0.3 is 0 Å². The number of hydrogen-bond donors (Lipinski definition) is 3. The summed E-state index contributed by atoms with van der Waals surface area (Å²) >= 11 is 0. The molecule has 1 aromatic heterocycles. The molecule has 4 aliphatic rings. The number of rotatable bonds is 8. The number of hydrogen-bond acceptors (Lipinski definition) is 7. The largest absolute Gasteiger partial charge is 0.457 e. The monoisotopic (exact) mass is 541 g/mol. The van der Waals surface area contributed by atoms with Crippen molar-refractivity contribution in [2.24, 2.45) is 17.6 Å². The van der Waals surface area contributed by atoms with Gasteiger partial charge in [0.25, 0.3) is 5.91 Å². The van der Waals surface area contributed by atoms with Gasteiger partial charge in [0.15, 0.2) is 0 Å². The van der Waals surface area contributed by atoms with Crippen LogP contribution >= 0.6 is 0 Å². The first kappa shape index (κ1) is 25.6. The molecule has 1 amide bonds. The third kappa shape index (κ3) is 4.98. The smallest absolute Gasteiger partial charge is 0.254 e. The van der Waals surface area contributed by atoms with Crippen LogP contribution in [-0.4, -0.2) is 83.9 Å². The molecule has 0 bridgehead atoms. The zero-order valence-corrected chi connectivity index (χ0v) is 23.0. The van der Waals surface area contributed by atoms with E-state index in [0.717, 1.165) is 54.9 Å². The van der Waals surface area contributed by atoms with Crippen LogP contribution in [0.25, 0.3) is 11.3 Å². The van der Waals surface area contributed by atoms with Gasteiger partial charge in [-0.2, -0.15) is 5.10 Å². The highest BCUT2D eigenvalue weighted by molar-refractivity contribution is 6.03. The number of fused-ring (bicyclic) bond motifs is 1. The molecule has 7 rings (SSSR count). The van der Waals surface area contributed by atoms with E-state index < -0.39 is 5.91 Å². The van der Waals surface area contributed by atoms with Crippen molar-refractivity contribution in [2.45, 2.75) is 31.3 Å². The summed E-state index contributed by atoms with van der Waals surface area (Å²) in [6, 6.07) is 18.4. The molecule has 1 unspecified atom stereocenters. The van der Waals surface area contributed by atoms with Crippen LogP contribution in [0.4, 0.5) is 5.82 Å². The van der Waals surface area contributed by atoms with Crippen molar-refractivity contribution < 1.29 is 9.53 Å². The summed E-state index contributed by atoms with van der Waals surface area (Å²) in [5.41, 5.74) is 7.91. The number of aromatic nitrogens is 2. The molecule has 0 saturated carbocycles. The van der Waals surface area contributed by atoms with Gasteiger partial charge in [-0.05, 0) is 80.6 Å². The maximum atomic E-state index is 12.7. The Morgan fingerprint density at radius 1 is 0.975 bits per heavy atom. The van der Waals surface area contributed by atoms with E-state index in [1.807, 2.05) is 54.6 Å². The molecule has 0 spiro atoms. The van der Waals surface area contributed by atoms with Crippen molar-refractivity contribution >= 4 is 11.7 Å². The Labute approximate surface area is 235 Å². The number of nitrogens with one attached hydrogen (secondary N) is 2. The number of likely N-dealkylation sites (tertiary alicyclic amines) is 2. The minimum atomic E-state index is -0.448. The summed E-state index contributed by atoms with van der Waals surface area (Å²) in [7, 11) is 0. The van der Waals surface area contributed by atoms with Gasteiger partial charge in [-0.15, -0.1) is 0 Å². The molecule has 3 saturated heterocycles. The third-order valence-corrected chi connectivity index (χ3v) is 9.27. The molecule has 5 heterocycles. The molecule has 4 N–H and O–H groups in total. The maximum absolute atomic E-state index is 12.7. The normalized spacial score (nSPS) is 22.6. The highest BCUT2D eigenvalue weighted by Crippen LogP contribution is 2.40. The highest BCUT2D eigenvalue weighted by Gasteiger charge is 2.39. The predicted molar refractivity (Wildman–Crippen MR) is 156 cm³/mol. The Morgan fingerprint density at radius 2 is 1.70 bits per heavy atom. The summed E-state index contributed by atoms with van der Waals surface area (Å²) in [5, 5.41) is 11.9. The summed E-state index contributed by atoms with van der Waals surface area (Å²) in [4.78, 5) is 18.0. The van der Waals surface area contributed by atoms with E-state index in [1.165, 1.54) is 45.6 Å². The lowest BCUT2D eigenvalue weighted by molar-refractivity contribution is -0.00300. The predicted octanol–water partition coefficient (Wildman–Crippen LogP) is 3.41. The topological polar surface area (TPSA) is 101 Å². The van der Waals surface area contributed by atoms with Crippen LogP contribution in [0.2, 0.25) is 0 Å². The molecule has 1 atom stereocenters. The quantitative estimate of drug-likeness (QED) is 0.402. The van der Waals surface area contributed by atoms with E-state index in [0.29, 0.717) is 23.2 Å². The lowest BCUT2D eigenvalue weighted by atomic mass is 9.85. The van der Waals surface area contributed by atoms with Gasteiger partial charge in [0.2, 0.25) is 0 Å². The third-order valence-electron chi connectivity index (χ3n) is 9.27. The first-order valence-electron chi connectivity index (χ1n) is 14.8. The van der Waals surface area contributed by atoms with Gasteiger partial charge < -0.3 is 21.1 Å². The molecular formula is C31H39N7O2. The van der Waals surface area contributed by atoms with Crippen LogP contribution < -0.4 is 21.1 Å². The number of carbonyl (C=O) groups is 1. The molecule has 9 heteroatoms. The van der Waals surface area contributed by atoms with E-state index in [1.54, 1.807) is 0 Å².